The topological polar surface area (TPSA) is 75.6 Å². The molecule has 0 unspecified atom stereocenters. The van der Waals surface area contributed by atoms with E-state index in [0.717, 1.165) is 11.1 Å². The first-order valence-corrected chi connectivity index (χ1v) is 7.49. The highest BCUT2D eigenvalue weighted by atomic mass is 16.5. The van der Waals surface area contributed by atoms with Crippen LogP contribution >= 0.6 is 0 Å². The van der Waals surface area contributed by atoms with E-state index in [2.05, 4.69) is 5.32 Å². The Morgan fingerprint density at radius 2 is 1.83 bits per heavy atom. The molecule has 0 radical (unpaired) electrons. The molecule has 0 fully saturated rings. The number of aryl methyl sites for hydroxylation is 1. The first-order valence-electron chi connectivity index (χ1n) is 7.49. The van der Waals surface area contributed by atoms with Crippen LogP contribution in [0.5, 0.6) is 5.75 Å². The lowest BCUT2D eigenvalue weighted by atomic mass is 10.1. The third kappa shape index (κ3) is 5.61. The number of carbonyl (C=O) groups is 2. The van der Waals surface area contributed by atoms with Gasteiger partial charge in [-0.15, -0.1) is 0 Å². The Hall–Kier alpha value is -3.08. The molecular formula is C19H19NO4. The maximum atomic E-state index is 11.5. The third-order valence-corrected chi connectivity index (χ3v) is 3.26. The molecule has 5 heteroatoms. The summed E-state index contributed by atoms with van der Waals surface area (Å²) in [6, 6.07) is 15.4. The predicted molar refractivity (Wildman–Crippen MR) is 91.6 cm³/mol. The SMILES string of the molecule is Cc1ccc(COc2ccccc2C=CC(=O)NCC(=O)O)cc1. The molecule has 0 aliphatic rings. The van der Waals surface area contributed by atoms with Crippen LogP contribution in [-0.4, -0.2) is 23.5 Å². The molecule has 2 aromatic rings. The number of amides is 1. The van der Waals surface area contributed by atoms with Gasteiger partial charge in [0.25, 0.3) is 0 Å². The van der Waals surface area contributed by atoms with Gasteiger partial charge < -0.3 is 15.2 Å². The molecule has 124 valence electrons. The number of ether oxygens (including phenoxy) is 1. The van der Waals surface area contributed by atoms with Crippen molar-refractivity contribution < 1.29 is 19.4 Å². The fourth-order valence-electron chi connectivity index (χ4n) is 1.98. The van der Waals surface area contributed by atoms with Gasteiger partial charge in [0, 0.05) is 11.6 Å². The minimum Gasteiger partial charge on any atom is -0.488 e. The zero-order valence-electron chi connectivity index (χ0n) is 13.4. The summed E-state index contributed by atoms with van der Waals surface area (Å²) in [7, 11) is 0. The van der Waals surface area contributed by atoms with E-state index in [-0.39, 0.29) is 0 Å². The molecule has 0 saturated heterocycles. The monoisotopic (exact) mass is 325 g/mol. The van der Waals surface area contributed by atoms with Crippen LogP contribution in [-0.2, 0) is 16.2 Å². The van der Waals surface area contributed by atoms with Crippen LogP contribution in [0.4, 0.5) is 0 Å². The van der Waals surface area contributed by atoms with Crippen molar-refractivity contribution >= 4 is 18.0 Å². The Kier molecular flexibility index (Phi) is 6.14. The standard InChI is InChI=1S/C19H19NO4/c1-14-6-8-15(9-7-14)13-24-17-5-3-2-4-16(17)10-11-18(21)20-12-19(22)23/h2-11H,12-13H2,1H3,(H,20,21)(H,22,23). The number of rotatable bonds is 7. The Balaban J connectivity index is 2.00. The summed E-state index contributed by atoms with van der Waals surface area (Å²) in [6.07, 6.45) is 2.89. The van der Waals surface area contributed by atoms with Crippen molar-refractivity contribution in [2.45, 2.75) is 13.5 Å². The van der Waals surface area contributed by atoms with Crippen LogP contribution in [0.3, 0.4) is 0 Å². The number of aliphatic carboxylic acids is 1. The van der Waals surface area contributed by atoms with E-state index in [1.165, 1.54) is 11.6 Å². The molecule has 0 aliphatic carbocycles. The molecular weight excluding hydrogens is 306 g/mol. The van der Waals surface area contributed by atoms with Gasteiger partial charge in [-0.3, -0.25) is 9.59 Å². The van der Waals surface area contributed by atoms with E-state index in [1.807, 2.05) is 55.5 Å². The Labute approximate surface area is 140 Å². The van der Waals surface area contributed by atoms with Crippen molar-refractivity contribution in [3.05, 3.63) is 71.3 Å². The van der Waals surface area contributed by atoms with E-state index in [1.54, 1.807) is 6.08 Å². The van der Waals surface area contributed by atoms with Gasteiger partial charge in [-0.05, 0) is 24.6 Å². The zero-order chi connectivity index (χ0) is 17.4. The second kappa shape index (κ2) is 8.53. The maximum absolute atomic E-state index is 11.5. The smallest absolute Gasteiger partial charge is 0.322 e. The summed E-state index contributed by atoms with van der Waals surface area (Å²) < 4.78 is 5.82. The van der Waals surface area contributed by atoms with Crippen molar-refractivity contribution in [1.82, 2.24) is 5.32 Å². The van der Waals surface area contributed by atoms with Gasteiger partial charge in [0.2, 0.25) is 5.91 Å². The minimum absolute atomic E-state index is 0.408. The van der Waals surface area contributed by atoms with Crippen molar-refractivity contribution in [3.8, 4) is 5.75 Å². The summed E-state index contributed by atoms with van der Waals surface area (Å²) in [6.45, 7) is 2.05. The highest BCUT2D eigenvalue weighted by Crippen LogP contribution is 2.20. The normalized spacial score (nSPS) is 10.5. The molecule has 0 aliphatic heterocycles. The molecule has 0 spiro atoms. The fraction of sp³-hybridized carbons (Fsp3) is 0.158. The van der Waals surface area contributed by atoms with Crippen LogP contribution in [0.15, 0.2) is 54.6 Å². The quantitative estimate of drug-likeness (QED) is 0.768. The number of nitrogens with one attached hydrogen (secondary N) is 1. The minimum atomic E-state index is -1.08. The summed E-state index contributed by atoms with van der Waals surface area (Å²) in [5, 5.41) is 10.8. The Morgan fingerprint density at radius 3 is 2.54 bits per heavy atom. The molecule has 0 bridgehead atoms. The molecule has 24 heavy (non-hydrogen) atoms. The molecule has 2 N–H and O–H groups in total. The van der Waals surface area contributed by atoms with Gasteiger partial charge in [0.05, 0.1) is 0 Å². The molecule has 0 saturated carbocycles. The molecule has 5 nitrogen and oxygen atoms in total. The first kappa shape index (κ1) is 17.3. The van der Waals surface area contributed by atoms with Crippen molar-refractivity contribution in [2.24, 2.45) is 0 Å². The lowest BCUT2D eigenvalue weighted by molar-refractivity contribution is -0.137. The summed E-state index contributed by atoms with van der Waals surface area (Å²) in [5.41, 5.74) is 2.99. The molecule has 2 rings (SSSR count). The number of carboxylic acids is 1. The molecule has 1 amide bonds. The number of para-hydroxylation sites is 1. The fourth-order valence-corrected chi connectivity index (χ4v) is 1.98. The number of benzene rings is 2. The number of carboxylic acid groups (broad SMARTS) is 1. The van der Waals surface area contributed by atoms with Gasteiger partial charge in [-0.1, -0.05) is 48.0 Å². The Bertz CT molecular complexity index is 735. The summed E-state index contributed by atoms with van der Waals surface area (Å²) in [5.74, 6) is -0.898. The summed E-state index contributed by atoms with van der Waals surface area (Å²) >= 11 is 0. The Morgan fingerprint density at radius 1 is 1.12 bits per heavy atom. The van der Waals surface area contributed by atoms with Gasteiger partial charge in [-0.2, -0.15) is 0 Å². The highest BCUT2D eigenvalue weighted by Gasteiger charge is 2.03. The van der Waals surface area contributed by atoms with Crippen LogP contribution in [0, 0.1) is 6.92 Å². The molecule has 2 aromatic carbocycles. The maximum Gasteiger partial charge on any atom is 0.322 e. The average molecular weight is 325 g/mol. The second-order valence-electron chi connectivity index (χ2n) is 5.26. The van der Waals surface area contributed by atoms with Crippen molar-refractivity contribution in [1.29, 1.82) is 0 Å². The van der Waals surface area contributed by atoms with Crippen LogP contribution in [0.1, 0.15) is 16.7 Å². The highest BCUT2D eigenvalue weighted by molar-refractivity contribution is 5.93. The van der Waals surface area contributed by atoms with Crippen molar-refractivity contribution in [3.63, 3.8) is 0 Å². The largest absolute Gasteiger partial charge is 0.488 e. The van der Waals surface area contributed by atoms with E-state index in [9.17, 15) is 9.59 Å². The zero-order valence-corrected chi connectivity index (χ0v) is 13.4. The predicted octanol–water partition coefficient (Wildman–Crippen LogP) is 2.79. The van der Waals surface area contributed by atoms with Gasteiger partial charge in [0.15, 0.2) is 0 Å². The molecule has 0 aromatic heterocycles. The summed E-state index contributed by atoms with van der Waals surface area (Å²) in [4.78, 5) is 22.0. The molecule has 0 heterocycles. The number of carbonyl (C=O) groups excluding carboxylic acids is 1. The van der Waals surface area contributed by atoms with Crippen LogP contribution in [0.2, 0.25) is 0 Å². The number of hydrogen-bond donors (Lipinski definition) is 2. The molecule has 0 atom stereocenters. The van der Waals surface area contributed by atoms with Crippen molar-refractivity contribution in [2.75, 3.05) is 6.54 Å². The van der Waals surface area contributed by atoms with Crippen LogP contribution < -0.4 is 10.1 Å². The lowest BCUT2D eigenvalue weighted by Crippen LogP contribution is -2.27. The van der Waals surface area contributed by atoms with Gasteiger partial charge >= 0.3 is 5.97 Å². The van der Waals surface area contributed by atoms with Gasteiger partial charge in [-0.25, -0.2) is 0 Å². The van der Waals surface area contributed by atoms with Gasteiger partial charge in [0.1, 0.15) is 18.9 Å². The second-order valence-corrected chi connectivity index (χ2v) is 5.26. The first-order chi connectivity index (χ1) is 11.5. The average Bonchev–Trinajstić information content (AvgIpc) is 2.58. The van der Waals surface area contributed by atoms with E-state index >= 15 is 0 Å². The lowest BCUT2D eigenvalue weighted by Gasteiger charge is -2.09. The van der Waals surface area contributed by atoms with E-state index in [0.29, 0.717) is 12.4 Å². The van der Waals surface area contributed by atoms with Crippen LogP contribution in [0.25, 0.3) is 6.08 Å². The third-order valence-electron chi connectivity index (χ3n) is 3.26. The van der Waals surface area contributed by atoms with E-state index in [4.69, 9.17) is 9.84 Å². The van der Waals surface area contributed by atoms with E-state index < -0.39 is 18.4 Å². The number of hydrogen-bond acceptors (Lipinski definition) is 3.